The fraction of sp³-hybridized carbons (Fsp3) is 0.581. The summed E-state index contributed by atoms with van der Waals surface area (Å²) in [7, 11) is 2.51. The van der Waals surface area contributed by atoms with Crippen molar-refractivity contribution in [1.82, 2.24) is 10.6 Å². The van der Waals surface area contributed by atoms with Crippen LogP contribution in [0.3, 0.4) is 0 Å². The smallest absolute Gasteiger partial charge is 0.217 e. The van der Waals surface area contributed by atoms with E-state index in [0.717, 1.165) is 36.6 Å². The lowest BCUT2D eigenvalue weighted by molar-refractivity contribution is -0.120. The van der Waals surface area contributed by atoms with Crippen LogP contribution in [0.2, 0.25) is 0 Å². The first-order valence-corrected chi connectivity index (χ1v) is 14.3. The molecule has 3 atom stereocenters. The van der Waals surface area contributed by atoms with Gasteiger partial charge in [0, 0.05) is 19.0 Å². The van der Waals surface area contributed by atoms with Gasteiger partial charge in [0.2, 0.25) is 5.91 Å². The highest BCUT2D eigenvalue weighted by molar-refractivity contribution is 7.27. The number of aryl methyl sites for hydroxylation is 1. The molecule has 0 bridgehead atoms. The van der Waals surface area contributed by atoms with Gasteiger partial charge in [0.15, 0.2) is 0 Å². The Balaban J connectivity index is 0.00000235. The predicted molar refractivity (Wildman–Crippen MR) is 157 cm³/mol. The molecule has 2 aromatic rings. The molecule has 37 heavy (non-hydrogen) atoms. The zero-order valence-corrected chi connectivity index (χ0v) is 25.0. The molecule has 1 fully saturated rings. The number of amides is 1. The van der Waals surface area contributed by atoms with E-state index < -0.39 is 12.1 Å². The molecular formula is C31H48FN2O2P. The Bertz CT molecular complexity index is 1010. The van der Waals surface area contributed by atoms with E-state index in [2.05, 4.69) is 65.8 Å². The first-order chi connectivity index (χ1) is 17.4. The van der Waals surface area contributed by atoms with Gasteiger partial charge in [-0.1, -0.05) is 83.7 Å². The van der Waals surface area contributed by atoms with E-state index in [0.29, 0.717) is 13.0 Å². The molecule has 0 aliphatic heterocycles. The summed E-state index contributed by atoms with van der Waals surface area (Å²) in [5.74, 6) is -0.533. The van der Waals surface area contributed by atoms with Crippen LogP contribution < -0.4 is 15.9 Å². The average Bonchev–Trinajstić information content (AvgIpc) is 2.82. The Hall–Kier alpha value is -1.81. The zero-order valence-electron chi connectivity index (χ0n) is 23.9. The van der Waals surface area contributed by atoms with Crippen LogP contribution in [-0.2, 0) is 22.2 Å². The molecule has 0 saturated heterocycles. The molecule has 1 saturated carbocycles. The molecule has 6 heteroatoms. The molecule has 1 aliphatic carbocycles. The minimum atomic E-state index is -0.819. The minimum Gasteiger partial charge on any atom is -0.390 e. The number of aliphatic hydroxyl groups excluding tert-OH is 1. The second-order valence-electron chi connectivity index (χ2n) is 11.3. The molecule has 4 nitrogen and oxygen atoms in total. The van der Waals surface area contributed by atoms with Crippen molar-refractivity contribution in [1.29, 1.82) is 0 Å². The molecule has 3 N–H and O–H groups in total. The van der Waals surface area contributed by atoms with Crippen molar-refractivity contribution < 1.29 is 14.3 Å². The molecule has 206 valence electrons. The van der Waals surface area contributed by atoms with Crippen LogP contribution in [0.1, 0.15) is 95.9 Å². The quantitative estimate of drug-likeness (QED) is 0.377. The Morgan fingerprint density at radius 2 is 1.73 bits per heavy atom. The number of aliphatic hydroxyl groups is 1. The highest BCUT2D eigenvalue weighted by Crippen LogP contribution is 2.39. The van der Waals surface area contributed by atoms with Crippen LogP contribution >= 0.6 is 9.24 Å². The maximum atomic E-state index is 13.9. The van der Waals surface area contributed by atoms with Crippen molar-refractivity contribution in [2.75, 3.05) is 6.54 Å². The Morgan fingerprint density at radius 1 is 1.08 bits per heavy atom. The summed E-state index contributed by atoms with van der Waals surface area (Å²) in [6, 6.07) is 11.1. The van der Waals surface area contributed by atoms with Crippen molar-refractivity contribution in [2.45, 2.75) is 110 Å². The van der Waals surface area contributed by atoms with Crippen LogP contribution in [0.15, 0.2) is 36.4 Å². The standard InChI is InChI=1S/C29H42FN2O2P.C2H6/c1-19-11-22(28(3,4)5)16-23(12-19)29(9-7-6-8-10-29)31-18-27(34)26(32-20(2)33)15-21-13-24(30)17-25(35)14-21;1-2/h11-14,16-17,26-27,31,34H,6-10,15,18,35H2,1-5H3,(H,32,33);1-2H3/t26-,27+;/m0./s1. The fourth-order valence-electron chi connectivity index (χ4n) is 5.25. The number of halogens is 1. The third-order valence-corrected chi connectivity index (χ3v) is 7.47. The highest BCUT2D eigenvalue weighted by atomic mass is 31.0. The number of benzene rings is 2. The largest absolute Gasteiger partial charge is 0.390 e. The SMILES string of the molecule is CC.CC(=O)N[C@@H](Cc1cc(F)cc(P)c1)[C@H](O)CNC1(c2cc(C)cc(C(C)(C)C)c2)CCCCC1. The number of carbonyl (C=O) groups is 1. The molecule has 1 unspecified atom stereocenters. The summed E-state index contributed by atoms with van der Waals surface area (Å²) < 4.78 is 13.9. The number of hydrogen-bond acceptors (Lipinski definition) is 3. The molecule has 2 aromatic carbocycles. The molecule has 1 amide bonds. The van der Waals surface area contributed by atoms with Gasteiger partial charge in [-0.25, -0.2) is 4.39 Å². The topological polar surface area (TPSA) is 61.4 Å². The lowest BCUT2D eigenvalue weighted by Gasteiger charge is -2.41. The molecule has 0 radical (unpaired) electrons. The second kappa shape index (κ2) is 13.8. The summed E-state index contributed by atoms with van der Waals surface area (Å²) in [5, 5.41) is 18.6. The molecule has 0 aromatic heterocycles. The predicted octanol–water partition coefficient (Wildman–Crippen LogP) is 5.82. The third kappa shape index (κ3) is 9.16. The first kappa shape index (κ1) is 31.4. The number of hydrogen-bond donors (Lipinski definition) is 3. The zero-order chi connectivity index (χ0) is 27.8. The summed E-state index contributed by atoms with van der Waals surface area (Å²) in [5.41, 5.74) is 4.42. The van der Waals surface area contributed by atoms with Crippen LogP contribution in [0.4, 0.5) is 4.39 Å². The highest BCUT2D eigenvalue weighted by Gasteiger charge is 2.35. The van der Waals surface area contributed by atoms with Crippen molar-refractivity contribution in [2.24, 2.45) is 0 Å². The normalized spacial score (nSPS) is 16.8. The van der Waals surface area contributed by atoms with Crippen LogP contribution in [-0.4, -0.2) is 29.7 Å². The Labute approximate surface area is 226 Å². The van der Waals surface area contributed by atoms with Crippen molar-refractivity contribution in [3.05, 3.63) is 64.5 Å². The Morgan fingerprint density at radius 3 is 2.30 bits per heavy atom. The average molecular weight is 531 g/mol. The van der Waals surface area contributed by atoms with Crippen LogP contribution in [0.5, 0.6) is 0 Å². The summed E-state index contributed by atoms with van der Waals surface area (Å²) >= 11 is 0. The first-order valence-electron chi connectivity index (χ1n) is 13.8. The van der Waals surface area contributed by atoms with Gasteiger partial charge in [-0.2, -0.15) is 0 Å². The van der Waals surface area contributed by atoms with Crippen molar-refractivity contribution >= 4 is 20.5 Å². The van der Waals surface area contributed by atoms with Gasteiger partial charge in [0.05, 0.1) is 12.1 Å². The van der Waals surface area contributed by atoms with Gasteiger partial charge in [-0.3, -0.25) is 4.79 Å². The van der Waals surface area contributed by atoms with Gasteiger partial charge in [-0.15, -0.1) is 9.24 Å². The summed E-state index contributed by atoms with van der Waals surface area (Å²) in [6.07, 6.45) is 5.05. The van der Waals surface area contributed by atoms with E-state index in [1.807, 2.05) is 19.9 Å². The lowest BCUT2D eigenvalue weighted by atomic mass is 9.74. The molecule has 0 heterocycles. The van der Waals surface area contributed by atoms with E-state index in [1.54, 1.807) is 0 Å². The fourth-order valence-corrected chi connectivity index (χ4v) is 5.62. The molecular weight excluding hydrogens is 482 g/mol. The monoisotopic (exact) mass is 530 g/mol. The maximum Gasteiger partial charge on any atom is 0.217 e. The van der Waals surface area contributed by atoms with E-state index >= 15 is 0 Å². The second-order valence-corrected chi connectivity index (χ2v) is 12.0. The Kier molecular flexibility index (Phi) is 11.7. The van der Waals surface area contributed by atoms with Crippen LogP contribution in [0, 0.1) is 12.7 Å². The summed E-state index contributed by atoms with van der Waals surface area (Å²) in [6.45, 7) is 14.6. The number of carbonyl (C=O) groups excluding carboxylic acids is 1. The van der Waals surface area contributed by atoms with Gasteiger partial charge in [0.1, 0.15) is 5.82 Å². The maximum absolute atomic E-state index is 13.9. The van der Waals surface area contributed by atoms with Gasteiger partial charge >= 0.3 is 0 Å². The van der Waals surface area contributed by atoms with Crippen molar-refractivity contribution in [3.8, 4) is 0 Å². The van der Waals surface area contributed by atoms with E-state index in [-0.39, 0.29) is 22.7 Å². The molecule has 3 rings (SSSR count). The molecule has 0 spiro atoms. The van der Waals surface area contributed by atoms with Gasteiger partial charge in [-0.05, 0) is 65.7 Å². The van der Waals surface area contributed by atoms with Crippen molar-refractivity contribution in [3.63, 3.8) is 0 Å². The van der Waals surface area contributed by atoms with E-state index in [1.165, 1.54) is 42.2 Å². The summed E-state index contributed by atoms with van der Waals surface area (Å²) in [4.78, 5) is 11.9. The number of rotatable bonds is 8. The van der Waals surface area contributed by atoms with E-state index in [4.69, 9.17) is 0 Å². The third-order valence-electron chi connectivity index (χ3n) is 7.14. The van der Waals surface area contributed by atoms with Crippen LogP contribution in [0.25, 0.3) is 0 Å². The van der Waals surface area contributed by atoms with E-state index in [9.17, 15) is 14.3 Å². The lowest BCUT2D eigenvalue weighted by Crippen LogP contribution is -2.53. The number of nitrogens with one attached hydrogen (secondary N) is 2. The molecule has 1 aliphatic rings. The minimum absolute atomic E-state index is 0.0496. The van der Waals surface area contributed by atoms with Gasteiger partial charge in [0.25, 0.3) is 0 Å². The van der Waals surface area contributed by atoms with Gasteiger partial charge < -0.3 is 15.7 Å².